The zero-order chi connectivity index (χ0) is 13.5. The third-order valence-electron chi connectivity index (χ3n) is 3.92. The van der Waals surface area contributed by atoms with E-state index in [0.29, 0.717) is 12.5 Å². The molecule has 1 aliphatic rings. The quantitative estimate of drug-likeness (QED) is 0.803. The molecule has 0 spiro atoms. The monoisotopic (exact) mass is 285 g/mol. The first-order valence-electron chi connectivity index (χ1n) is 6.86. The molecule has 3 aromatic rings. The molecule has 20 heavy (non-hydrogen) atoms. The second kappa shape index (κ2) is 4.64. The maximum Gasteiger partial charge on any atom is 0.234 e. The van der Waals surface area contributed by atoms with Crippen molar-refractivity contribution in [1.82, 2.24) is 19.8 Å². The van der Waals surface area contributed by atoms with Crippen LogP contribution in [0.25, 0.3) is 15.5 Å². The molecule has 1 saturated carbocycles. The lowest BCUT2D eigenvalue weighted by molar-refractivity contribution is 0.395. The van der Waals surface area contributed by atoms with Crippen molar-refractivity contribution in [2.75, 3.05) is 0 Å². The summed E-state index contributed by atoms with van der Waals surface area (Å²) in [4.78, 5) is 0.879. The SMILES string of the molecule is NCc1ccc(-c2nn3c(C4CCC4)nnc3s2)cc1. The molecule has 4 rings (SSSR count). The van der Waals surface area contributed by atoms with Gasteiger partial charge in [-0.25, -0.2) is 0 Å². The first kappa shape index (κ1) is 12.0. The number of benzene rings is 1. The van der Waals surface area contributed by atoms with Crippen LogP contribution in [0.4, 0.5) is 0 Å². The maximum atomic E-state index is 5.62. The van der Waals surface area contributed by atoms with Crippen LogP contribution in [0.5, 0.6) is 0 Å². The second-order valence-corrected chi connectivity index (χ2v) is 6.14. The normalized spacial score (nSPS) is 15.7. The number of nitrogens with two attached hydrogens (primary N) is 1. The first-order chi connectivity index (χ1) is 9.85. The van der Waals surface area contributed by atoms with Gasteiger partial charge in [0, 0.05) is 18.0 Å². The van der Waals surface area contributed by atoms with Crippen molar-refractivity contribution < 1.29 is 0 Å². The highest BCUT2D eigenvalue weighted by atomic mass is 32.1. The molecule has 1 aliphatic carbocycles. The Balaban J connectivity index is 1.74. The summed E-state index contributed by atoms with van der Waals surface area (Å²) >= 11 is 1.58. The Hall–Kier alpha value is -1.79. The van der Waals surface area contributed by atoms with Gasteiger partial charge in [0.15, 0.2) is 5.82 Å². The Morgan fingerprint density at radius 3 is 2.65 bits per heavy atom. The highest BCUT2D eigenvalue weighted by Gasteiger charge is 2.26. The Morgan fingerprint density at radius 1 is 1.20 bits per heavy atom. The average Bonchev–Trinajstić information content (AvgIpc) is 2.99. The molecule has 1 aromatic carbocycles. The van der Waals surface area contributed by atoms with E-state index >= 15 is 0 Å². The number of nitrogens with zero attached hydrogens (tertiary/aromatic N) is 4. The van der Waals surface area contributed by atoms with E-state index < -0.39 is 0 Å². The molecular weight excluding hydrogens is 270 g/mol. The molecular formula is C14H15N5S. The fourth-order valence-electron chi connectivity index (χ4n) is 2.45. The van der Waals surface area contributed by atoms with Crippen LogP contribution in [-0.4, -0.2) is 19.8 Å². The summed E-state index contributed by atoms with van der Waals surface area (Å²) in [6.45, 7) is 0.567. The third-order valence-corrected chi connectivity index (χ3v) is 4.87. The fourth-order valence-corrected chi connectivity index (χ4v) is 3.30. The summed E-state index contributed by atoms with van der Waals surface area (Å²) in [5.41, 5.74) is 7.86. The van der Waals surface area contributed by atoms with E-state index in [2.05, 4.69) is 27.4 Å². The molecule has 102 valence electrons. The molecule has 6 heteroatoms. The predicted octanol–water partition coefficient (Wildman–Crippen LogP) is 2.58. The minimum Gasteiger partial charge on any atom is -0.326 e. The topological polar surface area (TPSA) is 69.1 Å². The van der Waals surface area contributed by atoms with Crippen LogP contribution in [0.15, 0.2) is 24.3 Å². The van der Waals surface area contributed by atoms with E-state index in [-0.39, 0.29) is 0 Å². The van der Waals surface area contributed by atoms with Crippen LogP contribution < -0.4 is 5.73 Å². The third kappa shape index (κ3) is 1.83. The molecule has 2 aromatic heterocycles. The van der Waals surface area contributed by atoms with Gasteiger partial charge in [0.2, 0.25) is 4.96 Å². The summed E-state index contributed by atoms with van der Waals surface area (Å²) in [5.74, 6) is 1.56. The number of aromatic nitrogens is 4. The van der Waals surface area contributed by atoms with Gasteiger partial charge in [-0.05, 0) is 18.4 Å². The molecule has 0 bridgehead atoms. The van der Waals surface area contributed by atoms with E-state index in [1.165, 1.54) is 19.3 Å². The summed E-state index contributed by atoms with van der Waals surface area (Å²) in [5, 5.41) is 14.2. The molecule has 0 unspecified atom stereocenters. The molecule has 0 amide bonds. The zero-order valence-electron chi connectivity index (χ0n) is 11.0. The highest BCUT2D eigenvalue weighted by Crippen LogP contribution is 2.36. The lowest BCUT2D eigenvalue weighted by Gasteiger charge is -2.22. The summed E-state index contributed by atoms with van der Waals surface area (Å²) in [7, 11) is 0. The standard InChI is InChI=1S/C14H15N5S/c15-8-9-4-6-11(7-5-9)13-18-19-12(10-2-1-3-10)16-17-14(19)20-13/h4-7,10H,1-3,8,15H2. The van der Waals surface area contributed by atoms with Crippen LogP contribution in [0.1, 0.15) is 36.6 Å². The number of hydrogen-bond acceptors (Lipinski definition) is 5. The molecule has 0 atom stereocenters. The fraction of sp³-hybridized carbons (Fsp3) is 0.357. The van der Waals surface area contributed by atoms with Crippen LogP contribution >= 0.6 is 11.3 Å². The first-order valence-corrected chi connectivity index (χ1v) is 7.68. The zero-order valence-corrected chi connectivity index (χ0v) is 11.8. The van der Waals surface area contributed by atoms with Crippen molar-refractivity contribution in [1.29, 1.82) is 0 Å². The lowest BCUT2D eigenvalue weighted by atomic mass is 9.85. The Bertz CT molecular complexity index is 739. The van der Waals surface area contributed by atoms with Gasteiger partial charge < -0.3 is 5.73 Å². The number of fused-ring (bicyclic) bond motifs is 1. The van der Waals surface area contributed by atoms with E-state index in [0.717, 1.165) is 26.9 Å². The van der Waals surface area contributed by atoms with E-state index in [9.17, 15) is 0 Å². The van der Waals surface area contributed by atoms with Gasteiger partial charge in [-0.3, -0.25) is 0 Å². The molecule has 0 saturated heterocycles. The minimum atomic E-state index is 0.541. The highest BCUT2D eigenvalue weighted by molar-refractivity contribution is 7.19. The number of rotatable bonds is 3. The van der Waals surface area contributed by atoms with Crippen molar-refractivity contribution in [2.24, 2.45) is 5.73 Å². The van der Waals surface area contributed by atoms with E-state index in [4.69, 9.17) is 5.73 Å². The van der Waals surface area contributed by atoms with Gasteiger partial charge >= 0.3 is 0 Å². The van der Waals surface area contributed by atoms with Crippen LogP contribution in [0, 0.1) is 0 Å². The average molecular weight is 285 g/mol. The van der Waals surface area contributed by atoms with E-state index in [1.807, 2.05) is 16.6 Å². The molecule has 0 radical (unpaired) electrons. The van der Waals surface area contributed by atoms with Gasteiger partial charge in [-0.15, -0.1) is 10.2 Å². The number of hydrogen-bond donors (Lipinski definition) is 1. The van der Waals surface area contributed by atoms with Crippen molar-refractivity contribution >= 4 is 16.3 Å². The molecule has 2 heterocycles. The summed E-state index contributed by atoms with van der Waals surface area (Å²) < 4.78 is 1.92. The van der Waals surface area contributed by atoms with Crippen LogP contribution in [0.2, 0.25) is 0 Å². The van der Waals surface area contributed by atoms with Gasteiger partial charge in [-0.1, -0.05) is 42.0 Å². The minimum absolute atomic E-state index is 0.541. The molecule has 0 aliphatic heterocycles. The van der Waals surface area contributed by atoms with Gasteiger partial charge in [-0.2, -0.15) is 9.61 Å². The van der Waals surface area contributed by atoms with Crippen molar-refractivity contribution in [3.63, 3.8) is 0 Å². The Morgan fingerprint density at radius 2 is 2.00 bits per heavy atom. The predicted molar refractivity (Wildman–Crippen MR) is 78.6 cm³/mol. The maximum absolute atomic E-state index is 5.62. The molecule has 2 N–H and O–H groups in total. The van der Waals surface area contributed by atoms with Gasteiger partial charge in [0.25, 0.3) is 0 Å². The van der Waals surface area contributed by atoms with Gasteiger partial charge in [0.1, 0.15) is 5.01 Å². The van der Waals surface area contributed by atoms with Crippen LogP contribution in [-0.2, 0) is 6.54 Å². The molecule has 1 fully saturated rings. The Labute approximate surface area is 120 Å². The lowest BCUT2D eigenvalue weighted by Crippen LogP contribution is -2.12. The van der Waals surface area contributed by atoms with Crippen molar-refractivity contribution in [2.45, 2.75) is 31.7 Å². The van der Waals surface area contributed by atoms with Crippen LogP contribution in [0.3, 0.4) is 0 Å². The summed E-state index contributed by atoms with van der Waals surface area (Å²) in [6, 6.07) is 8.23. The van der Waals surface area contributed by atoms with Crippen molar-refractivity contribution in [3.05, 3.63) is 35.7 Å². The smallest absolute Gasteiger partial charge is 0.234 e. The Kier molecular flexibility index (Phi) is 2.78. The van der Waals surface area contributed by atoms with Crippen molar-refractivity contribution in [3.8, 4) is 10.6 Å². The van der Waals surface area contributed by atoms with E-state index in [1.54, 1.807) is 11.3 Å². The molecule has 5 nitrogen and oxygen atoms in total. The second-order valence-electron chi connectivity index (χ2n) is 5.19. The summed E-state index contributed by atoms with van der Waals surface area (Å²) in [6.07, 6.45) is 3.70. The largest absolute Gasteiger partial charge is 0.326 e. The van der Waals surface area contributed by atoms with Gasteiger partial charge in [0.05, 0.1) is 0 Å².